The number of phenolic OH excluding ortho intramolecular Hbond substituents is 1. The topological polar surface area (TPSA) is 53.5 Å². The van der Waals surface area contributed by atoms with Crippen LogP contribution >= 0.6 is 12.2 Å². The minimum absolute atomic E-state index is 0.132. The first kappa shape index (κ1) is 11.6. The zero-order chi connectivity index (χ0) is 11.3. The lowest BCUT2D eigenvalue weighted by Crippen LogP contribution is -2.31. The molecule has 3 N–H and O–H groups in total. The summed E-state index contributed by atoms with van der Waals surface area (Å²) >= 11 is 4.93. The number of ether oxygens (including phenoxy) is 1. The second-order valence-electron chi connectivity index (χ2n) is 2.94. The molecule has 0 aliphatic heterocycles. The van der Waals surface area contributed by atoms with E-state index in [1.165, 1.54) is 7.11 Å². The van der Waals surface area contributed by atoms with Gasteiger partial charge in [-0.2, -0.15) is 0 Å². The first-order chi connectivity index (χ1) is 7.17. The van der Waals surface area contributed by atoms with Crippen LogP contribution in [0.15, 0.2) is 18.2 Å². The summed E-state index contributed by atoms with van der Waals surface area (Å²) in [7, 11) is 3.27. The van der Waals surface area contributed by atoms with E-state index in [2.05, 4.69) is 10.6 Å². The van der Waals surface area contributed by atoms with Gasteiger partial charge in [0.15, 0.2) is 16.6 Å². The standard InChI is InChI=1S/C10H14N2O2S/c1-11-10(15)12-6-7-3-4-9(14-2)8(13)5-7/h3-5,13H,6H2,1-2H3,(H2,11,12,15). The van der Waals surface area contributed by atoms with Gasteiger partial charge in [0.25, 0.3) is 0 Å². The van der Waals surface area contributed by atoms with Crippen molar-refractivity contribution >= 4 is 17.3 Å². The van der Waals surface area contributed by atoms with Crippen molar-refractivity contribution in [2.24, 2.45) is 0 Å². The highest BCUT2D eigenvalue weighted by atomic mass is 32.1. The average Bonchev–Trinajstić information content (AvgIpc) is 2.26. The lowest BCUT2D eigenvalue weighted by atomic mass is 10.2. The van der Waals surface area contributed by atoms with Crippen LogP contribution in [0.4, 0.5) is 0 Å². The highest BCUT2D eigenvalue weighted by Crippen LogP contribution is 2.25. The summed E-state index contributed by atoms with van der Waals surface area (Å²) in [6, 6.07) is 5.22. The smallest absolute Gasteiger partial charge is 0.166 e. The first-order valence-electron chi connectivity index (χ1n) is 4.49. The molecule has 82 valence electrons. The Morgan fingerprint density at radius 2 is 2.27 bits per heavy atom. The van der Waals surface area contributed by atoms with Crippen LogP contribution in [0.5, 0.6) is 11.5 Å². The van der Waals surface area contributed by atoms with E-state index in [1.807, 2.05) is 6.07 Å². The van der Waals surface area contributed by atoms with Gasteiger partial charge in [-0.3, -0.25) is 0 Å². The lowest BCUT2D eigenvalue weighted by Gasteiger charge is -2.08. The minimum atomic E-state index is 0.132. The third kappa shape index (κ3) is 3.28. The molecule has 1 rings (SSSR count). The number of methoxy groups -OCH3 is 1. The van der Waals surface area contributed by atoms with Gasteiger partial charge in [-0.15, -0.1) is 0 Å². The number of aromatic hydroxyl groups is 1. The van der Waals surface area contributed by atoms with Crippen molar-refractivity contribution in [1.29, 1.82) is 0 Å². The number of thiocarbonyl (C=S) groups is 1. The Balaban J connectivity index is 2.63. The van der Waals surface area contributed by atoms with E-state index in [0.29, 0.717) is 17.4 Å². The molecule has 1 aromatic rings. The Morgan fingerprint density at radius 3 is 2.80 bits per heavy atom. The van der Waals surface area contributed by atoms with Crippen LogP contribution in [0.3, 0.4) is 0 Å². The highest BCUT2D eigenvalue weighted by Gasteiger charge is 2.02. The molecule has 0 bridgehead atoms. The molecule has 0 spiro atoms. The van der Waals surface area contributed by atoms with Crippen molar-refractivity contribution in [2.45, 2.75) is 6.54 Å². The van der Waals surface area contributed by atoms with E-state index in [-0.39, 0.29) is 5.75 Å². The zero-order valence-corrected chi connectivity index (χ0v) is 9.52. The number of benzene rings is 1. The largest absolute Gasteiger partial charge is 0.504 e. The summed E-state index contributed by atoms with van der Waals surface area (Å²) in [6.45, 7) is 0.567. The van der Waals surface area contributed by atoms with Gasteiger partial charge in [0.2, 0.25) is 0 Å². The molecule has 0 unspecified atom stereocenters. The molecule has 15 heavy (non-hydrogen) atoms. The molecule has 0 fully saturated rings. The molecule has 0 saturated carbocycles. The summed E-state index contributed by atoms with van der Waals surface area (Å²) in [5.74, 6) is 0.599. The summed E-state index contributed by atoms with van der Waals surface area (Å²) in [5, 5.41) is 15.9. The van der Waals surface area contributed by atoms with E-state index < -0.39 is 0 Å². The van der Waals surface area contributed by atoms with E-state index in [9.17, 15) is 5.11 Å². The van der Waals surface area contributed by atoms with Gasteiger partial charge in [-0.25, -0.2) is 0 Å². The number of hydrogen-bond acceptors (Lipinski definition) is 3. The van der Waals surface area contributed by atoms with Crippen molar-refractivity contribution in [3.63, 3.8) is 0 Å². The van der Waals surface area contributed by atoms with Crippen molar-refractivity contribution in [1.82, 2.24) is 10.6 Å². The van der Waals surface area contributed by atoms with Crippen LogP contribution in [0, 0.1) is 0 Å². The van der Waals surface area contributed by atoms with Gasteiger partial charge in [-0.05, 0) is 29.9 Å². The van der Waals surface area contributed by atoms with Gasteiger partial charge < -0.3 is 20.5 Å². The van der Waals surface area contributed by atoms with Crippen LogP contribution < -0.4 is 15.4 Å². The maximum absolute atomic E-state index is 9.51. The summed E-state index contributed by atoms with van der Waals surface area (Å²) in [4.78, 5) is 0. The maximum Gasteiger partial charge on any atom is 0.166 e. The highest BCUT2D eigenvalue weighted by molar-refractivity contribution is 7.80. The Labute approximate surface area is 94.3 Å². The second kappa shape index (κ2) is 5.41. The summed E-state index contributed by atoms with van der Waals surface area (Å²) < 4.78 is 4.94. The molecule has 5 heteroatoms. The van der Waals surface area contributed by atoms with E-state index in [1.54, 1.807) is 19.2 Å². The van der Waals surface area contributed by atoms with Crippen molar-refractivity contribution in [3.8, 4) is 11.5 Å². The van der Waals surface area contributed by atoms with Crippen molar-refractivity contribution < 1.29 is 9.84 Å². The average molecular weight is 226 g/mol. The van der Waals surface area contributed by atoms with Gasteiger partial charge in [0, 0.05) is 13.6 Å². The molecule has 4 nitrogen and oxygen atoms in total. The predicted molar refractivity (Wildman–Crippen MR) is 63.2 cm³/mol. The van der Waals surface area contributed by atoms with Crippen molar-refractivity contribution in [3.05, 3.63) is 23.8 Å². The summed E-state index contributed by atoms with van der Waals surface area (Å²) in [6.07, 6.45) is 0. The molecule has 0 atom stereocenters. The molecule has 0 radical (unpaired) electrons. The van der Waals surface area contributed by atoms with Gasteiger partial charge in [0.1, 0.15) is 0 Å². The molecule has 1 aromatic carbocycles. The van der Waals surface area contributed by atoms with E-state index in [0.717, 1.165) is 5.56 Å². The quantitative estimate of drug-likeness (QED) is 0.671. The van der Waals surface area contributed by atoms with Gasteiger partial charge in [-0.1, -0.05) is 6.07 Å². The third-order valence-corrected chi connectivity index (χ3v) is 2.27. The fourth-order valence-corrected chi connectivity index (χ4v) is 1.19. The fraction of sp³-hybridized carbons (Fsp3) is 0.300. The summed E-state index contributed by atoms with van der Waals surface area (Å²) in [5.41, 5.74) is 0.936. The Kier molecular flexibility index (Phi) is 4.17. The number of hydrogen-bond donors (Lipinski definition) is 3. The van der Waals surface area contributed by atoms with Crippen LogP contribution in [0.25, 0.3) is 0 Å². The minimum Gasteiger partial charge on any atom is -0.504 e. The zero-order valence-electron chi connectivity index (χ0n) is 8.70. The maximum atomic E-state index is 9.51. The molecule has 0 saturated heterocycles. The van der Waals surface area contributed by atoms with Crippen LogP contribution in [-0.2, 0) is 6.54 Å². The molecule has 0 aliphatic carbocycles. The Hall–Kier alpha value is -1.49. The van der Waals surface area contributed by atoms with Crippen molar-refractivity contribution in [2.75, 3.05) is 14.2 Å². The SMILES string of the molecule is CNC(=S)NCc1ccc(OC)c(O)c1. The normalized spacial score (nSPS) is 9.47. The predicted octanol–water partition coefficient (Wildman–Crippen LogP) is 0.995. The van der Waals surface area contributed by atoms with E-state index in [4.69, 9.17) is 17.0 Å². The van der Waals surface area contributed by atoms with Gasteiger partial charge >= 0.3 is 0 Å². The van der Waals surface area contributed by atoms with Crippen LogP contribution in [0.2, 0.25) is 0 Å². The number of nitrogens with one attached hydrogen (secondary N) is 2. The fourth-order valence-electron chi connectivity index (χ4n) is 1.12. The lowest BCUT2D eigenvalue weighted by molar-refractivity contribution is 0.373. The third-order valence-electron chi connectivity index (χ3n) is 1.92. The number of phenols is 1. The Bertz CT molecular complexity index is 355. The second-order valence-corrected chi connectivity index (χ2v) is 3.35. The number of rotatable bonds is 3. The van der Waals surface area contributed by atoms with E-state index >= 15 is 0 Å². The molecule has 0 aromatic heterocycles. The Morgan fingerprint density at radius 1 is 1.53 bits per heavy atom. The molecular weight excluding hydrogens is 212 g/mol. The monoisotopic (exact) mass is 226 g/mol. The van der Waals surface area contributed by atoms with Crippen LogP contribution in [-0.4, -0.2) is 24.4 Å². The first-order valence-corrected chi connectivity index (χ1v) is 4.89. The molecule has 0 aliphatic rings. The molecular formula is C10H14N2O2S. The van der Waals surface area contributed by atoms with Gasteiger partial charge in [0.05, 0.1) is 7.11 Å². The molecule has 0 amide bonds. The molecule has 0 heterocycles. The van der Waals surface area contributed by atoms with Crippen LogP contribution in [0.1, 0.15) is 5.56 Å².